The number of para-hydroxylation sites is 1. The summed E-state index contributed by atoms with van der Waals surface area (Å²) >= 11 is 1.72. The smallest absolute Gasteiger partial charge is 0.221 e. The van der Waals surface area contributed by atoms with Crippen molar-refractivity contribution in [2.45, 2.75) is 31.8 Å². The van der Waals surface area contributed by atoms with E-state index < -0.39 is 0 Å². The molecule has 2 aromatic rings. The third kappa shape index (κ3) is 4.70. The lowest BCUT2D eigenvalue weighted by atomic mass is 9.79. The fraction of sp³-hybridized carbons (Fsp3) is 0.353. The molecule has 1 fully saturated rings. The zero-order valence-corrected chi connectivity index (χ0v) is 14.6. The summed E-state index contributed by atoms with van der Waals surface area (Å²) in [5.41, 5.74) is 4.02. The molecule has 1 aliphatic carbocycles. The Bertz CT molecular complexity index is 628. The molecule has 3 rings (SSSR count). The lowest BCUT2D eigenvalue weighted by Gasteiger charge is -2.29. The molecule has 1 amide bonds. The number of carbonyl (C=O) groups is 1. The van der Waals surface area contributed by atoms with E-state index in [1.54, 1.807) is 21.8 Å². The second-order valence-corrected chi connectivity index (χ2v) is 6.62. The monoisotopic (exact) mass is 348 g/mol. The first kappa shape index (κ1) is 18.3. The number of carbonyl (C=O) groups excluding carboxylic acids is 1. The number of rotatable bonds is 6. The molecule has 1 heterocycles. The van der Waals surface area contributed by atoms with Crippen molar-refractivity contribution < 1.29 is 9.53 Å². The minimum absolute atomic E-state index is 0.403. The Morgan fingerprint density at radius 1 is 1.38 bits per heavy atom. The van der Waals surface area contributed by atoms with E-state index in [1.807, 2.05) is 13.1 Å². The molecule has 24 heavy (non-hydrogen) atoms. The summed E-state index contributed by atoms with van der Waals surface area (Å²) in [6.07, 6.45) is 4.23. The number of ether oxygens (including phenoxy) is 1. The first-order valence-corrected chi connectivity index (χ1v) is 8.71. The largest absolute Gasteiger partial charge is 0.486 e. The lowest BCUT2D eigenvalue weighted by molar-refractivity contribution is -0.109. The van der Waals surface area contributed by atoms with Gasteiger partial charge in [-0.2, -0.15) is 0 Å². The number of hydrogen-bond donors (Lipinski definition) is 3. The normalized spacial score (nSPS) is 13.3. The van der Waals surface area contributed by atoms with Crippen LogP contribution >= 0.6 is 11.3 Å². The number of anilines is 1. The van der Waals surface area contributed by atoms with Crippen molar-refractivity contribution in [2.24, 2.45) is 11.7 Å². The van der Waals surface area contributed by atoms with Gasteiger partial charge in [0.2, 0.25) is 6.41 Å². The molecule has 0 unspecified atom stereocenters. The number of nitrogens with zero attached hydrogens (tertiary/aromatic N) is 1. The van der Waals surface area contributed by atoms with Crippen molar-refractivity contribution in [1.82, 2.24) is 5.43 Å². The number of nitrogens with one attached hydrogen (secondary N) is 1. The van der Waals surface area contributed by atoms with E-state index >= 15 is 0 Å². The lowest BCUT2D eigenvalue weighted by Crippen LogP contribution is -2.26. The van der Waals surface area contributed by atoms with E-state index in [0.717, 1.165) is 11.4 Å². The van der Waals surface area contributed by atoms with Crippen molar-refractivity contribution >= 4 is 23.4 Å². The average Bonchev–Trinajstić information content (AvgIpc) is 3.05. The van der Waals surface area contributed by atoms with Gasteiger partial charge in [-0.1, -0.05) is 24.6 Å². The number of thiophene rings is 1. The molecule has 6 nitrogen and oxygen atoms in total. The quantitative estimate of drug-likeness (QED) is 0.323. The highest BCUT2D eigenvalue weighted by molar-refractivity contribution is 7.09. The van der Waals surface area contributed by atoms with Crippen molar-refractivity contribution in [1.29, 1.82) is 0 Å². The zero-order valence-electron chi connectivity index (χ0n) is 13.8. The Balaban J connectivity index is 0.000000471. The maximum Gasteiger partial charge on any atom is 0.221 e. The van der Waals surface area contributed by atoms with Gasteiger partial charge in [0.15, 0.2) is 0 Å². The van der Waals surface area contributed by atoms with Crippen LogP contribution < -0.4 is 26.9 Å². The van der Waals surface area contributed by atoms with Gasteiger partial charge in [-0.15, -0.1) is 11.3 Å². The molecule has 0 spiro atoms. The molecule has 1 saturated carbocycles. The van der Waals surface area contributed by atoms with Crippen molar-refractivity contribution in [3.8, 4) is 5.75 Å². The standard InChI is InChI=1S/C16H20N2OS.CH4N2O/c1-18(17)15-9-3-8-14(12-5-2-6-12)16(15)19-11-13-7-4-10-20-13;2-3-1-4/h3-4,7-10,12H,2,5-6,11,17H2,1H3;1H,2H2,(H,3,4). The first-order valence-electron chi connectivity index (χ1n) is 7.83. The van der Waals surface area contributed by atoms with Crippen LogP contribution in [0.4, 0.5) is 5.69 Å². The van der Waals surface area contributed by atoms with Gasteiger partial charge in [-0.3, -0.25) is 10.2 Å². The van der Waals surface area contributed by atoms with Gasteiger partial charge >= 0.3 is 0 Å². The summed E-state index contributed by atoms with van der Waals surface area (Å²) < 4.78 is 6.12. The molecule has 0 saturated heterocycles. The molecule has 0 bridgehead atoms. The predicted molar refractivity (Wildman–Crippen MR) is 97.7 cm³/mol. The van der Waals surface area contributed by atoms with E-state index in [-0.39, 0.29) is 0 Å². The highest BCUT2D eigenvalue weighted by atomic mass is 32.1. The summed E-state index contributed by atoms with van der Waals surface area (Å²) in [5, 5.41) is 3.72. The Kier molecular flexibility index (Phi) is 7.05. The third-order valence-corrected chi connectivity index (χ3v) is 4.81. The van der Waals surface area contributed by atoms with E-state index in [4.69, 9.17) is 15.4 Å². The minimum Gasteiger partial charge on any atom is -0.486 e. The maximum absolute atomic E-state index is 8.94. The molecule has 0 aliphatic heterocycles. The van der Waals surface area contributed by atoms with Gasteiger partial charge in [0, 0.05) is 11.9 Å². The van der Waals surface area contributed by atoms with Crippen molar-refractivity contribution in [3.05, 3.63) is 46.2 Å². The highest BCUT2D eigenvalue weighted by Gasteiger charge is 2.25. The van der Waals surface area contributed by atoms with Crippen molar-refractivity contribution in [3.63, 3.8) is 0 Å². The number of hydrogen-bond acceptors (Lipinski definition) is 6. The van der Waals surface area contributed by atoms with Gasteiger partial charge in [0.25, 0.3) is 0 Å². The van der Waals surface area contributed by atoms with Crippen LogP contribution in [0.2, 0.25) is 0 Å². The number of benzene rings is 1. The van der Waals surface area contributed by atoms with E-state index in [2.05, 4.69) is 35.5 Å². The molecule has 5 N–H and O–H groups in total. The molecule has 0 atom stereocenters. The van der Waals surface area contributed by atoms with Crippen LogP contribution in [0, 0.1) is 0 Å². The summed E-state index contributed by atoms with van der Waals surface area (Å²) in [6.45, 7) is 0.613. The maximum atomic E-state index is 8.94. The Morgan fingerprint density at radius 2 is 2.12 bits per heavy atom. The second-order valence-electron chi connectivity index (χ2n) is 5.59. The van der Waals surface area contributed by atoms with Gasteiger partial charge in [0.1, 0.15) is 12.4 Å². The Labute approximate surface area is 146 Å². The molecule has 1 aromatic heterocycles. The van der Waals surface area contributed by atoms with Gasteiger partial charge in [0.05, 0.1) is 5.69 Å². The van der Waals surface area contributed by atoms with E-state index in [9.17, 15) is 0 Å². The zero-order chi connectivity index (χ0) is 17.4. The Morgan fingerprint density at radius 3 is 2.62 bits per heavy atom. The van der Waals surface area contributed by atoms with Gasteiger partial charge < -0.3 is 9.75 Å². The minimum atomic E-state index is 0.403. The number of hydrazine groups is 2. The van der Waals surface area contributed by atoms with Crippen LogP contribution in [0.5, 0.6) is 5.75 Å². The van der Waals surface area contributed by atoms with Crippen LogP contribution in [0.25, 0.3) is 0 Å². The van der Waals surface area contributed by atoms with E-state index in [1.165, 1.54) is 29.7 Å². The van der Waals surface area contributed by atoms with Crippen LogP contribution in [0.3, 0.4) is 0 Å². The molecule has 0 radical (unpaired) electrons. The van der Waals surface area contributed by atoms with Gasteiger partial charge in [-0.25, -0.2) is 11.7 Å². The third-order valence-electron chi connectivity index (χ3n) is 3.96. The molecular weight excluding hydrogens is 324 g/mol. The van der Waals surface area contributed by atoms with Crippen LogP contribution in [0.1, 0.15) is 35.6 Å². The van der Waals surface area contributed by atoms with Crippen molar-refractivity contribution in [2.75, 3.05) is 12.1 Å². The fourth-order valence-electron chi connectivity index (χ4n) is 2.56. The molecule has 1 aliphatic rings. The average molecular weight is 348 g/mol. The number of amides is 1. The van der Waals surface area contributed by atoms with Crippen LogP contribution in [-0.2, 0) is 11.4 Å². The SMILES string of the molecule is CN(N)c1cccc(C2CCC2)c1OCc1cccs1.NNC=O. The van der Waals surface area contributed by atoms with Crippen LogP contribution in [0.15, 0.2) is 35.7 Å². The molecule has 7 heteroatoms. The second kappa shape index (κ2) is 9.27. The Hall–Kier alpha value is -2.09. The summed E-state index contributed by atoms with van der Waals surface area (Å²) in [4.78, 5) is 10.2. The summed E-state index contributed by atoms with van der Waals surface area (Å²) in [5.74, 6) is 11.9. The highest BCUT2D eigenvalue weighted by Crippen LogP contribution is 2.44. The molecular formula is C17H24N4O2S. The summed E-state index contributed by atoms with van der Waals surface area (Å²) in [7, 11) is 1.86. The van der Waals surface area contributed by atoms with Gasteiger partial charge in [-0.05, 0) is 41.8 Å². The predicted octanol–water partition coefficient (Wildman–Crippen LogP) is 2.51. The van der Waals surface area contributed by atoms with Crippen LogP contribution in [-0.4, -0.2) is 13.5 Å². The fourth-order valence-corrected chi connectivity index (χ4v) is 3.17. The topological polar surface area (TPSA) is 93.6 Å². The van der Waals surface area contributed by atoms with E-state index in [0.29, 0.717) is 18.9 Å². The molecule has 1 aromatic carbocycles. The first-order chi connectivity index (χ1) is 11.7. The molecule has 130 valence electrons. The number of nitrogens with two attached hydrogens (primary N) is 2. The summed E-state index contributed by atoms with van der Waals surface area (Å²) in [6, 6.07) is 10.4.